The van der Waals surface area contributed by atoms with Gasteiger partial charge in [-0.3, -0.25) is 19.5 Å². The predicted molar refractivity (Wildman–Crippen MR) is 149 cm³/mol. The number of carbonyl (C=O) groups excluding carboxylic acids is 2. The first-order valence-corrected chi connectivity index (χ1v) is 12.6. The van der Waals surface area contributed by atoms with E-state index in [2.05, 4.69) is 4.98 Å². The van der Waals surface area contributed by atoms with Crippen molar-refractivity contribution in [1.29, 1.82) is 0 Å². The van der Waals surface area contributed by atoms with Gasteiger partial charge in [-0.2, -0.15) is 0 Å². The van der Waals surface area contributed by atoms with Crippen LogP contribution in [0, 0.1) is 6.92 Å². The molecule has 1 unspecified atom stereocenters. The standard InChI is InChI=1S/C32H28N2O5/c1-20(2)38-27-11-5-8-22(18-27)30(35)28-29(23-9-6-16-33-19-23)34(32(37)31(28)36)24-12-14-25(15-13-24)39-26-10-4-7-21(3)17-26/h4-20,29,35H,1-3H3/b30-28-. The van der Waals surface area contributed by atoms with E-state index < -0.39 is 17.7 Å². The molecule has 2 heterocycles. The van der Waals surface area contributed by atoms with Crippen LogP contribution in [0.3, 0.4) is 0 Å². The van der Waals surface area contributed by atoms with Crippen molar-refractivity contribution < 1.29 is 24.2 Å². The Morgan fingerprint density at radius 3 is 2.33 bits per heavy atom. The Bertz CT molecular complexity index is 1540. The number of hydrogen-bond donors (Lipinski definition) is 1. The van der Waals surface area contributed by atoms with Gasteiger partial charge >= 0.3 is 0 Å². The van der Waals surface area contributed by atoms with Gasteiger partial charge in [-0.05, 0) is 86.5 Å². The maximum absolute atomic E-state index is 13.4. The normalized spacial score (nSPS) is 16.5. The van der Waals surface area contributed by atoms with Crippen molar-refractivity contribution in [2.75, 3.05) is 4.90 Å². The molecule has 5 rings (SSSR count). The fourth-order valence-electron chi connectivity index (χ4n) is 4.59. The number of anilines is 1. The van der Waals surface area contributed by atoms with E-state index in [9.17, 15) is 14.7 Å². The Morgan fingerprint density at radius 2 is 1.64 bits per heavy atom. The van der Waals surface area contributed by atoms with Crippen LogP contribution in [-0.4, -0.2) is 27.9 Å². The lowest BCUT2D eigenvalue weighted by atomic mass is 9.96. The molecule has 1 saturated heterocycles. The van der Waals surface area contributed by atoms with Crippen LogP contribution in [0.2, 0.25) is 0 Å². The van der Waals surface area contributed by atoms with Crippen molar-refractivity contribution in [1.82, 2.24) is 4.98 Å². The van der Waals surface area contributed by atoms with Gasteiger partial charge in [0, 0.05) is 23.6 Å². The molecule has 1 atom stereocenters. The van der Waals surface area contributed by atoms with E-state index in [0.29, 0.717) is 34.1 Å². The van der Waals surface area contributed by atoms with Crippen LogP contribution in [0.4, 0.5) is 5.69 Å². The van der Waals surface area contributed by atoms with E-state index in [1.807, 2.05) is 45.0 Å². The number of aliphatic hydroxyl groups is 1. The number of Topliss-reactive ketones (excluding diaryl/α,β-unsaturated/α-hetero) is 1. The molecule has 39 heavy (non-hydrogen) atoms. The number of rotatable bonds is 7. The van der Waals surface area contributed by atoms with Gasteiger partial charge in [0.15, 0.2) is 0 Å². The Balaban J connectivity index is 1.55. The molecule has 1 aliphatic rings. The van der Waals surface area contributed by atoms with Crippen molar-refractivity contribution in [2.24, 2.45) is 0 Å². The maximum atomic E-state index is 13.4. The molecule has 3 aromatic carbocycles. The van der Waals surface area contributed by atoms with Gasteiger partial charge in [-0.15, -0.1) is 0 Å². The zero-order valence-electron chi connectivity index (χ0n) is 21.9. The molecule has 1 amide bonds. The average molecular weight is 521 g/mol. The third-order valence-electron chi connectivity index (χ3n) is 6.26. The number of ketones is 1. The van der Waals surface area contributed by atoms with Crippen LogP contribution in [0.5, 0.6) is 17.2 Å². The predicted octanol–water partition coefficient (Wildman–Crippen LogP) is 6.60. The Labute approximate surface area is 227 Å². The molecule has 0 aliphatic carbocycles. The monoisotopic (exact) mass is 520 g/mol. The summed E-state index contributed by atoms with van der Waals surface area (Å²) in [6.07, 6.45) is 3.13. The van der Waals surface area contributed by atoms with Gasteiger partial charge in [0.05, 0.1) is 17.7 Å². The summed E-state index contributed by atoms with van der Waals surface area (Å²) in [5, 5.41) is 11.4. The number of aryl methyl sites for hydroxylation is 1. The third-order valence-corrected chi connectivity index (χ3v) is 6.26. The minimum absolute atomic E-state index is 0.0187. The number of hydrogen-bond acceptors (Lipinski definition) is 6. The van der Waals surface area contributed by atoms with E-state index in [0.717, 1.165) is 5.56 Å². The van der Waals surface area contributed by atoms with Gasteiger partial charge in [0.25, 0.3) is 11.7 Å². The first-order valence-electron chi connectivity index (χ1n) is 12.6. The molecule has 0 saturated carbocycles. The fraction of sp³-hybridized carbons (Fsp3) is 0.156. The highest BCUT2D eigenvalue weighted by atomic mass is 16.5. The third kappa shape index (κ3) is 5.38. The second-order valence-electron chi connectivity index (χ2n) is 9.56. The Hall–Kier alpha value is -4.91. The molecule has 4 aromatic rings. The molecule has 1 N–H and O–H groups in total. The summed E-state index contributed by atoms with van der Waals surface area (Å²) >= 11 is 0. The summed E-state index contributed by atoms with van der Waals surface area (Å²) in [5.74, 6) is 0.0238. The topological polar surface area (TPSA) is 89.0 Å². The van der Waals surface area contributed by atoms with Crippen LogP contribution in [0.1, 0.15) is 36.6 Å². The molecule has 7 nitrogen and oxygen atoms in total. The zero-order valence-corrected chi connectivity index (χ0v) is 21.9. The molecule has 7 heteroatoms. The van der Waals surface area contributed by atoms with Gasteiger partial charge < -0.3 is 14.6 Å². The first-order chi connectivity index (χ1) is 18.8. The van der Waals surface area contributed by atoms with E-state index in [4.69, 9.17) is 9.47 Å². The summed E-state index contributed by atoms with van der Waals surface area (Å²) in [5.41, 5.74) is 2.51. The lowest BCUT2D eigenvalue weighted by Crippen LogP contribution is -2.29. The largest absolute Gasteiger partial charge is 0.507 e. The van der Waals surface area contributed by atoms with Crippen LogP contribution in [0.25, 0.3) is 5.76 Å². The lowest BCUT2D eigenvalue weighted by Gasteiger charge is -2.25. The minimum Gasteiger partial charge on any atom is -0.507 e. The molecule has 1 aliphatic heterocycles. The van der Waals surface area contributed by atoms with Gasteiger partial charge in [-0.1, -0.05) is 30.3 Å². The second kappa shape index (κ2) is 10.8. The number of aliphatic hydroxyl groups excluding tert-OH is 1. The summed E-state index contributed by atoms with van der Waals surface area (Å²) in [6.45, 7) is 5.79. The van der Waals surface area contributed by atoms with E-state index in [1.54, 1.807) is 73.1 Å². The van der Waals surface area contributed by atoms with Gasteiger partial charge in [-0.25, -0.2) is 0 Å². The quantitative estimate of drug-likeness (QED) is 0.168. The fourth-order valence-corrected chi connectivity index (χ4v) is 4.59. The van der Waals surface area contributed by atoms with Crippen molar-refractivity contribution in [3.05, 3.63) is 120 Å². The number of aromatic nitrogens is 1. The van der Waals surface area contributed by atoms with Gasteiger partial charge in [0.1, 0.15) is 23.0 Å². The van der Waals surface area contributed by atoms with Crippen molar-refractivity contribution in [3.63, 3.8) is 0 Å². The van der Waals surface area contributed by atoms with Crippen molar-refractivity contribution >= 4 is 23.1 Å². The van der Waals surface area contributed by atoms with Crippen LogP contribution < -0.4 is 14.4 Å². The number of benzene rings is 3. The summed E-state index contributed by atoms with van der Waals surface area (Å²) in [7, 11) is 0. The average Bonchev–Trinajstić information content (AvgIpc) is 3.19. The Morgan fingerprint density at radius 1 is 0.897 bits per heavy atom. The van der Waals surface area contributed by atoms with E-state index >= 15 is 0 Å². The van der Waals surface area contributed by atoms with Crippen LogP contribution in [0.15, 0.2) is 103 Å². The summed E-state index contributed by atoms with van der Waals surface area (Å²) in [4.78, 5) is 32.4. The first kappa shape index (κ1) is 25.7. The number of pyridine rings is 1. The highest BCUT2D eigenvalue weighted by molar-refractivity contribution is 6.51. The summed E-state index contributed by atoms with van der Waals surface area (Å²) in [6, 6.07) is 24.1. The number of ether oxygens (including phenoxy) is 2. The SMILES string of the molecule is Cc1cccc(Oc2ccc(N3C(=O)C(=O)/C(=C(\O)c4cccc(OC(C)C)c4)C3c3cccnc3)cc2)c1. The molecule has 0 spiro atoms. The van der Waals surface area contributed by atoms with Crippen molar-refractivity contribution in [3.8, 4) is 17.2 Å². The van der Waals surface area contributed by atoms with E-state index in [-0.39, 0.29) is 17.4 Å². The molecular formula is C32H28N2O5. The molecule has 0 radical (unpaired) electrons. The molecule has 196 valence electrons. The second-order valence-corrected chi connectivity index (χ2v) is 9.56. The zero-order chi connectivity index (χ0) is 27.5. The lowest BCUT2D eigenvalue weighted by molar-refractivity contribution is -0.132. The van der Waals surface area contributed by atoms with Crippen molar-refractivity contribution in [2.45, 2.75) is 32.9 Å². The maximum Gasteiger partial charge on any atom is 0.300 e. The van der Waals surface area contributed by atoms with Crippen LogP contribution >= 0.6 is 0 Å². The number of nitrogens with zero attached hydrogens (tertiary/aromatic N) is 2. The summed E-state index contributed by atoms with van der Waals surface area (Å²) < 4.78 is 11.7. The van der Waals surface area contributed by atoms with Crippen LogP contribution in [-0.2, 0) is 9.59 Å². The number of amides is 1. The minimum atomic E-state index is -0.878. The van der Waals surface area contributed by atoms with Gasteiger partial charge in [0.2, 0.25) is 0 Å². The highest BCUT2D eigenvalue weighted by Crippen LogP contribution is 2.42. The molecule has 1 aromatic heterocycles. The smallest absolute Gasteiger partial charge is 0.300 e. The number of carbonyl (C=O) groups is 2. The Kier molecular flexibility index (Phi) is 7.14. The van der Waals surface area contributed by atoms with E-state index in [1.165, 1.54) is 4.90 Å². The molecule has 0 bridgehead atoms. The highest BCUT2D eigenvalue weighted by Gasteiger charge is 2.47. The molecule has 1 fully saturated rings. The molecular weight excluding hydrogens is 492 g/mol.